The Morgan fingerprint density at radius 1 is 1.18 bits per heavy atom. The van der Waals surface area contributed by atoms with Gasteiger partial charge in [0.15, 0.2) is 11.2 Å². The maximum Gasteiger partial charge on any atom is 0.332 e. The molecule has 0 spiro atoms. The van der Waals surface area contributed by atoms with E-state index in [1.54, 1.807) is 19.1 Å². The molecule has 0 aliphatic heterocycles. The lowest BCUT2D eigenvalue weighted by molar-refractivity contribution is -0.137. The second-order valence-corrected chi connectivity index (χ2v) is 7.85. The Morgan fingerprint density at radius 2 is 1.88 bits per heavy atom. The third-order valence-corrected chi connectivity index (χ3v) is 5.66. The Balaban J connectivity index is 1.45. The molecule has 12 heteroatoms. The number of benzene rings is 1. The number of hydrogen-bond donors (Lipinski definition) is 0. The van der Waals surface area contributed by atoms with Gasteiger partial charge in [-0.2, -0.15) is 5.10 Å². The van der Waals surface area contributed by atoms with Gasteiger partial charge in [-0.15, -0.1) is 0 Å². The van der Waals surface area contributed by atoms with Crippen LogP contribution in [0.1, 0.15) is 11.3 Å². The molecule has 0 atom stereocenters. The Labute approximate surface area is 197 Å². The Morgan fingerprint density at radius 3 is 2.59 bits per heavy atom. The van der Waals surface area contributed by atoms with Crippen molar-refractivity contribution < 1.29 is 13.9 Å². The molecule has 3 heterocycles. The third kappa shape index (κ3) is 4.17. The quantitative estimate of drug-likeness (QED) is 0.305. The van der Waals surface area contributed by atoms with Crippen molar-refractivity contribution in [2.24, 2.45) is 14.1 Å². The van der Waals surface area contributed by atoms with E-state index in [2.05, 4.69) is 10.1 Å². The molecule has 0 amide bonds. The first-order chi connectivity index (χ1) is 16.2. The van der Waals surface area contributed by atoms with Gasteiger partial charge in [-0.3, -0.25) is 13.9 Å². The zero-order chi connectivity index (χ0) is 24.6. The van der Waals surface area contributed by atoms with E-state index in [9.17, 15) is 18.8 Å². The van der Waals surface area contributed by atoms with Crippen molar-refractivity contribution in [3.8, 4) is 5.69 Å². The van der Waals surface area contributed by atoms with Crippen LogP contribution in [0.4, 0.5) is 4.39 Å². The highest BCUT2D eigenvalue weighted by Gasteiger charge is 2.15. The summed E-state index contributed by atoms with van der Waals surface area (Å²) in [5.41, 5.74) is 1.21. The lowest BCUT2D eigenvalue weighted by atomic mass is 10.2. The van der Waals surface area contributed by atoms with Crippen molar-refractivity contribution >= 4 is 34.8 Å². The Hall–Kier alpha value is -3.99. The summed E-state index contributed by atoms with van der Waals surface area (Å²) >= 11 is 6.40. The number of carbonyl (C=O) groups excluding carboxylic acids is 1. The predicted molar refractivity (Wildman–Crippen MR) is 123 cm³/mol. The van der Waals surface area contributed by atoms with Crippen molar-refractivity contribution in [3.05, 3.63) is 79.7 Å². The highest BCUT2D eigenvalue weighted by molar-refractivity contribution is 6.31. The van der Waals surface area contributed by atoms with Crippen LogP contribution in [0.3, 0.4) is 0 Å². The minimum atomic E-state index is -0.616. The number of imidazole rings is 1. The van der Waals surface area contributed by atoms with E-state index in [4.69, 9.17) is 16.3 Å². The monoisotopic (exact) mass is 486 g/mol. The summed E-state index contributed by atoms with van der Waals surface area (Å²) in [6.07, 6.45) is 4.13. The summed E-state index contributed by atoms with van der Waals surface area (Å²) in [5.74, 6) is -0.991. The summed E-state index contributed by atoms with van der Waals surface area (Å²) in [7, 11) is 2.91. The van der Waals surface area contributed by atoms with Crippen molar-refractivity contribution in [3.63, 3.8) is 0 Å². The number of aromatic nitrogens is 6. The average Bonchev–Trinajstić information content (AvgIpc) is 3.36. The van der Waals surface area contributed by atoms with Crippen molar-refractivity contribution in [1.29, 1.82) is 0 Å². The van der Waals surface area contributed by atoms with Crippen LogP contribution in [0.2, 0.25) is 5.15 Å². The van der Waals surface area contributed by atoms with E-state index < -0.39 is 17.2 Å². The highest BCUT2D eigenvalue weighted by Crippen LogP contribution is 2.24. The number of aryl methyl sites for hydroxylation is 2. The molecule has 0 N–H and O–H groups in total. The molecule has 176 valence electrons. The molecule has 4 rings (SSSR count). The highest BCUT2D eigenvalue weighted by atomic mass is 35.5. The number of halogens is 2. The van der Waals surface area contributed by atoms with Gasteiger partial charge in [0.25, 0.3) is 5.56 Å². The summed E-state index contributed by atoms with van der Waals surface area (Å²) < 4.78 is 23.7. The van der Waals surface area contributed by atoms with E-state index in [-0.39, 0.29) is 35.3 Å². The minimum absolute atomic E-state index is 0.0256. The van der Waals surface area contributed by atoms with Crippen molar-refractivity contribution in [2.75, 3.05) is 6.61 Å². The zero-order valence-corrected chi connectivity index (χ0v) is 19.3. The van der Waals surface area contributed by atoms with Crippen LogP contribution in [0.25, 0.3) is 22.9 Å². The third-order valence-electron chi connectivity index (χ3n) is 5.30. The van der Waals surface area contributed by atoms with E-state index in [0.29, 0.717) is 16.9 Å². The SMILES string of the molecule is Cc1nn(-c2ccc(F)cc2)c(Cl)c1/C=C/C(=O)OCCn1cnc2c1c(=O)n(C)c(=O)n2C. The summed E-state index contributed by atoms with van der Waals surface area (Å²) in [6, 6.07) is 5.68. The predicted octanol–water partition coefficient (Wildman–Crippen LogP) is 1.98. The molecule has 34 heavy (non-hydrogen) atoms. The molecule has 0 saturated heterocycles. The molecule has 1 aromatic carbocycles. The van der Waals surface area contributed by atoms with Crippen LogP contribution in [-0.4, -0.2) is 41.0 Å². The number of nitrogens with zero attached hydrogens (tertiary/aromatic N) is 6. The number of fused-ring (bicyclic) bond motifs is 1. The molecule has 0 fully saturated rings. The molecular formula is C22H20ClFN6O4. The van der Waals surface area contributed by atoms with Gasteiger partial charge in [-0.1, -0.05) is 11.6 Å². The molecule has 4 aromatic rings. The lowest BCUT2D eigenvalue weighted by Crippen LogP contribution is -2.37. The topological polar surface area (TPSA) is 106 Å². The van der Waals surface area contributed by atoms with Crippen molar-refractivity contribution in [2.45, 2.75) is 13.5 Å². The van der Waals surface area contributed by atoms with Crippen LogP contribution >= 0.6 is 11.6 Å². The minimum Gasteiger partial charge on any atom is -0.461 e. The summed E-state index contributed by atoms with van der Waals surface area (Å²) in [6.45, 7) is 1.88. The van der Waals surface area contributed by atoms with E-state index in [1.807, 2.05) is 0 Å². The largest absolute Gasteiger partial charge is 0.461 e. The van der Waals surface area contributed by atoms with E-state index >= 15 is 0 Å². The molecule has 0 aliphatic carbocycles. The molecule has 0 saturated carbocycles. The van der Waals surface area contributed by atoms with Crippen LogP contribution < -0.4 is 11.2 Å². The van der Waals surface area contributed by atoms with Gasteiger partial charge in [0.1, 0.15) is 17.6 Å². The van der Waals surface area contributed by atoms with Crippen LogP contribution in [0.5, 0.6) is 0 Å². The fraction of sp³-hybridized carbons (Fsp3) is 0.227. The number of ether oxygens (including phenoxy) is 1. The summed E-state index contributed by atoms with van der Waals surface area (Å²) in [4.78, 5) is 40.8. The maximum absolute atomic E-state index is 13.2. The van der Waals surface area contributed by atoms with Crippen molar-refractivity contribution in [1.82, 2.24) is 28.5 Å². The van der Waals surface area contributed by atoms with Crippen LogP contribution in [-0.2, 0) is 30.2 Å². The second kappa shape index (κ2) is 9.10. The van der Waals surface area contributed by atoms with Crippen LogP contribution in [0, 0.1) is 12.7 Å². The molecule has 0 radical (unpaired) electrons. The number of esters is 1. The first-order valence-electron chi connectivity index (χ1n) is 10.2. The van der Waals surface area contributed by atoms with Crippen LogP contribution in [0.15, 0.2) is 46.3 Å². The number of hydrogen-bond acceptors (Lipinski definition) is 6. The molecule has 3 aromatic heterocycles. The standard InChI is InChI=1S/C22H20ClFN6O4/c1-13-16(19(23)30(26-13)15-6-4-14(24)5-7-15)8-9-17(31)34-11-10-29-12-25-20-18(29)21(32)28(3)22(33)27(20)2/h4-9,12H,10-11H2,1-3H3/b9-8+. The van der Waals surface area contributed by atoms with Gasteiger partial charge in [0.2, 0.25) is 0 Å². The van der Waals surface area contributed by atoms with Gasteiger partial charge < -0.3 is 9.30 Å². The Bertz CT molecular complexity index is 1540. The second-order valence-electron chi connectivity index (χ2n) is 7.49. The van der Waals surface area contributed by atoms with E-state index in [1.165, 1.54) is 58.5 Å². The average molecular weight is 487 g/mol. The van der Waals surface area contributed by atoms with E-state index in [0.717, 1.165) is 4.57 Å². The van der Waals surface area contributed by atoms with Gasteiger partial charge in [-0.25, -0.2) is 23.6 Å². The molecule has 10 nitrogen and oxygen atoms in total. The first kappa shape index (κ1) is 23.2. The van der Waals surface area contributed by atoms with Gasteiger partial charge in [0, 0.05) is 25.7 Å². The number of rotatable bonds is 6. The fourth-order valence-corrected chi connectivity index (χ4v) is 3.80. The first-order valence-corrected chi connectivity index (χ1v) is 10.5. The maximum atomic E-state index is 13.2. The fourth-order valence-electron chi connectivity index (χ4n) is 3.46. The lowest BCUT2D eigenvalue weighted by Gasteiger charge is -2.07. The van der Waals surface area contributed by atoms with Gasteiger partial charge in [0.05, 0.1) is 24.3 Å². The number of carbonyl (C=O) groups is 1. The van der Waals surface area contributed by atoms with Gasteiger partial charge >= 0.3 is 11.7 Å². The smallest absolute Gasteiger partial charge is 0.332 e. The Kier molecular flexibility index (Phi) is 6.20. The molecule has 0 aliphatic rings. The summed E-state index contributed by atoms with van der Waals surface area (Å²) in [5, 5.41) is 4.60. The van der Waals surface area contributed by atoms with Gasteiger partial charge in [-0.05, 0) is 37.3 Å². The molecule has 0 bridgehead atoms. The normalized spacial score (nSPS) is 11.6. The molecule has 0 unspecified atom stereocenters. The zero-order valence-electron chi connectivity index (χ0n) is 18.5. The molecular weight excluding hydrogens is 467 g/mol.